The van der Waals surface area contributed by atoms with Gasteiger partial charge in [-0.25, -0.2) is 4.98 Å². The number of benzene rings is 1. The van der Waals surface area contributed by atoms with Crippen LogP contribution in [-0.2, 0) is 5.75 Å². The van der Waals surface area contributed by atoms with Crippen LogP contribution in [0.15, 0.2) is 27.9 Å². The molecule has 0 amide bonds. The van der Waals surface area contributed by atoms with Crippen LogP contribution >= 0.6 is 23.1 Å². The van der Waals surface area contributed by atoms with Gasteiger partial charge in [0.1, 0.15) is 10.0 Å². The minimum atomic E-state index is -0.334. The van der Waals surface area contributed by atoms with Gasteiger partial charge in [-0.05, 0) is 25.0 Å². The SMILES string of the molecule is CCCNc1ccc(CSc2nc(C)cs2)cc1[N+](=O)[O-]. The van der Waals surface area contributed by atoms with Crippen molar-refractivity contribution >= 4 is 34.5 Å². The average Bonchev–Trinajstić information content (AvgIpc) is 2.89. The van der Waals surface area contributed by atoms with Crippen LogP contribution in [0.25, 0.3) is 0 Å². The van der Waals surface area contributed by atoms with Gasteiger partial charge in [0.25, 0.3) is 5.69 Å². The number of nitrogens with zero attached hydrogens (tertiary/aromatic N) is 2. The maximum absolute atomic E-state index is 11.2. The Morgan fingerprint density at radius 1 is 1.48 bits per heavy atom. The monoisotopic (exact) mass is 323 g/mol. The first kappa shape index (κ1) is 15.8. The van der Waals surface area contributed by atoms with Crippen molar-refractivity contribution < 1.29 is 4.92 Å². The molecule has 0 aliphatic heterocycles. The molecule has 0 aliphatic carbocycles. The Bertz CT molecular complexity index is 628. The van der Waals surface area contributed by atoms with Gasteiger partial charge < -0.3 is 5.32 Å². The zero-order valence-corrected chi connectivity index (χ0v) is 13.6. The number of rotatable bonds is 7. The number of aromatic nitrogens is 1. The number of nitro groups is 1. The first-order valence-electron chi connectivity index (χ1n) is 6.66. The van der Waals surface area contributed by atoms with Gasteiger partial charge in [0.2, 0.25) is 0 Å². The lowest BCUT2D eigenvalue weighted by Crippen LogP contribution is -2.03. The third-order valence-corrected chi connectivity index (χ3v) is 4.99. The van der Waals surface area contributed by atoms with Gasteiger partial charge in [0.05, 0.1) is 4.92 Å². The molecule has 1 aromatic heterocycles. The van der Waals surface area contributed by atoms with Crippen LogP contribution < -0.4 is 5.32 Å². The van der Waals surface area contributed by atoms with E-state index >= 15 is 0 Å². The van der Waals surface area contributed by atoms with Gasteiger partial charge in [-0.3, -0.25) is 10.1 Å². The smallest absolute Gasteiger partial charge is 0.292 e. The number of thiazole rings is 1. The van der Waals surface area contributed by atoms with Gasteiger partial charge in [0, 0.05) is 29.4 Å². The highest BCUT2D eigenvalue weighted by Crippen LogP contribution is 2.30. The molecule has 0 spiro atoms. The number of anilines is 1. The van der Waals surface area contributed by atoms with E-state index in [1.165, 1.54) is 0 Å². The van der Waals surface area contributed by atoms with E-state index in [0.29, 0.717) is 11.4 Å². The Labute approximate surface area is 131 Å². The van der Waals surface area contributed by atoms with E-state index in [9.17, 15) is 10.1 Å². The highest BCUT2D eigenvalue weighted by molar-refractivity contribution is 8.00. The highest BCUT2D eigenvalue weighted by Gasteiger charge is 2.14. The second-order valence-corrected chi connectivity index (χ2v) is 6.66. The summed E-state index contributed by atoms with van der Waals surface area (Å²) in [5.41, 5.74) is 2.66. The molecule has 1 N–H and O–H groups in total. The second-order valence-electron chi connectivity index (χ2n) is 4.58. The molecule has 2 rings (SSSR count). The third kappa shape index (κ3) is 4.44. The van der Waals surface area contributed by atoms with Crippen molar-refractivity contribution in [3.05, 3.63) is 45.0 Å². The predicted molar refractivity (Wildman–Crippen MR) is 88.3 cm³/mol. The summed E-state index contributed by atoms with van der Waals surface area (Å²) in [5, 5.41) is 16.3. The second kappa shape index (κ2) is 7.42. The number of aryl methyl sites for hydroxylation is 1. The molecular weight excluding hydrogens is 306 g/mol. The van der Waals surface area contributed by atoms with Crippen molar-refractivity contribution in [2.45, 2.75) is 30.4 Å². The zero-order valence-electron chi connectivity index (χ0n) is 12.0. The lowest BCUT2D eigenvalue weighted by Gasteiger charge is -2.07. The molecule has 0 aliphatic rings. The summed E-state index contributed by atoms with van der Waals surface area (Å²) in [4.78, 5) is 15.2. The van der Waals surface area contributed by atoms with Gasteiger partial charge in [-0.1, -0.05) is 24.8 Å². The molecule has 0 saturated heterocycles. The normalized spacial score (nSPS) is 10.6. The fourth-order valence-corrected chi connectivity index (χ4v) is 3.56. The average molecular weight is 323 g/mol. The van der Waals surface area contributed by atoms with Crippen LogP contribution in [0.4, 0.5) is 11.4 Å². The van der Waals surface area contributed by atoms with Crippen molar-refractivity contribution in [1.82, 2.24) is 4.98 Å². The Hall–Kier alpha value is -1.60. The van der Waals surface area contributed by atoms with Crippen LogP contribution in [0.3, 0.4) is 0 Å². The summed E-state index contributed by atoms with van der Waals surface area (Å²) < 4.78 is 0.989. The van der Waals surface area contributed by atoms with Crippen molar-refractivity contribution in [2.24, 2.45) is 0 Å². The Morgan fingerprint density at radius 2 is 2.29 bits per heavy atom. The maximum atomic E-state index is 11.2. The van der Waals surface area contributed by atoms with Crippen molar-refractivity contribution in [2.75, 3.05) is 11.9 Å². The first-order chi connectivity index (χ1) is 10.1. The molecular formula is C14H17N3O2S2. The Balaban J connectivity index is 2.09. The summed E-state index contributed by atoms with van der Waals surface area (Å²) in [5.74, 6) is 0.682. The van der Waals surface area contributed by atoms with Gasteiger partial charge in [-0.15, -0.1) is 11.3 Å². The topological polar surface area (TPSA) is 68.1 Å². The predicted octanol–water partition coefficient (Wildman–Crippen LogP) is 4.47. The molecule has 7 heteroatoms. The van der Waals surface area contributed by atoms with Crippen LogP contribution in [0, 0.1) is 17.0 Å². The Morgan fingerprint density at radius 3 is 2.90 bits per heavy atom. The van der Waals surface area contributed by atoms with Crippen molar-refractivity contribution in [1.29, 1.82) is 0 Å². The number of nitro benzene ring substituents is 1. The summed E-state index contributed by atoms with van der Waals surface area (Å²) >= 11 is 3.20. The van der Waals surface area contributed by atoms with Gasteiger partial charge in [0.15, 0.2) is 0 Å². The molecule has 5 nitrogen and oxygen atoms in total. The van der Waals surface area contributed by atoms with Crippen molar-refractivity contribution in [3.8, 4) is 0 Å². The molecule has 0 atom stereocenters. The molecule has 1 aromatic carbocycles. The third-order valence-electron chi connectivity index (χ3n) is 2.78. The molecule has 0 bridgehead atoms. The lowest BCUT2D eigenvalue weighted by atomic mass is 10.2. The molecule has 0 saturated carbocycles. The summed E-state index contributed by atoms with van der Waals surface area (Å²) in [6.45, 7) is 4.72. The molecule has 0 unspecified atom stereocenters. The standard InChI is InChI=1S/C14H17N3O2S2/c1-3-6-15-12-5-4-11(7-13(12)17(18)19)9-21-14-16-10(2)8-20-14/h4-5,7-8,15H,3,6,9H2,1-2H3. The molecule has 2 aromatic rings. The van der Waals surface area contributed by atoms with E-state index < -0.39 is 0 Å². The molecule has 0 radical (unpaired) electrons. The molecule has 0 fully saturated rings. The van der Waals surface area contributed by atoms with Crippen LogP contribution in [0.1, 0.15) is 24.6 Å². The molecule has 21 heavy (non-hydrogen) atoms. The largest absolute Gasteiger partial charge is 0.380 e. The Kier molecular flexibility index (Phi) is 5.58. The summed E-state index contributed by atoms with van der Waals surface area (Å²) in [6, 6.07) is 5.36. The fourth-order valence-electron chi connectivity index (χ4n) is 1.77. The number of nitrogens with one attached hydrogen (secondary N) is 1. The quantitative estimate of drug-likeness (QED) is 0.462. The lowest BCUT2D eigenvalue weighted by molar-refractivity contribution is -0.384. The van der Waals surface area contributed by atoms with Crippen molar-refractivity contribution in [3.63, 3.8) is 0 Å². The van der Waals surface area contributed by atoms with Crippen LogP contribution in [0.2, 0.25) is 0 Å². The fraction of sp³-hybridized carbons (Fsp3) is 0.357. The number of hydrogen-bond acceptors (Lipinski definition) is 6. The highest BCUT2D eigenvalue weighted by atomic mass is 32.2. The number of hydrogen-bond donors (Lipinski definition) is 1. The first-order valence-corrected chi connectivity index (χ1v) is 8.52. The molecule has 112 valence electrons. The summed E-state index contributed by atoms with van der Waals surface area (Å²) in [6.07, 6.45) is 0.929. The number of thioether (sulfide) groups is 1. The maximum Gasteiger partial charge on any atom is 0.292 e. The zero-order chi connectivity index (χ0) is 15.2. The van der Waals surface area contributed by atoms with E-state index in [4.69, 9.17) is 0 Å². The van der Waals surface area contributed by atoms with Gasteiger partial charge >= 0.3 is 0 Å². The minimum absolute atomic E-state index is 0.136. The van der Waals surface area contributed by atoms with E-state index in [0.717, 1.165) is 28.6 Å². The summed E-state index contributed by atoms with van der Waals surface area (Å²) in [7, 11) is 0. The minimum Gasteiger partial charge on any atom is -0.380 e. The van der Waals surface area contributed by atoms with E-state index in [1.807, 2.05) is 25.3 Å². The molecule has 1 heterocycles. The van der Waals surface area contributed by atoms with Crippen LogP contribution in [-0.4, -0.2) is 16.5 Å². The van der Waals surface area contributed by atoms with E-state index in [1.54, 1.807) is 35.2 Å². The van der Waals surface area contributed by atoms with E-state index in [-0.39, 0.29) is 10.6 Å². The van der Waals surface area contributed by atoms with E-state index in [2.05, 4.69) is 10.3 Å². The van der Waals surface area contributed by atoms with Crippen LogP contribution in [0.5, 0.6) is 0 Å². The van der Waals surface area contributed by atoms with Gasteiger partial charge in [-0.2, -0.15) is 0 Å².